The van der Waals surface area contributed by atoms with E-state index in [0.717, 1.165) is 5.69 Å². The smallest absolute Gasteiger partial charge is 0.254 e. The largest absolute Gasteiger partial charge is 0.329 e. The Labute approximate surface area is 204 Å². The number of rotatable bonds is 7. The number of amides is 2. The van der Waals surface area contributed by atoms with E-state index in [-0.39, 0.29) is 29.3 Å². The third-order valence-electron chi connectivity index (χ3n) is 5.10. The lowest BCUT2D eigenvalue weighted by Crippen LogP contribution is -2.40. The molecule has 0 aliphatic carbocycles. The highest BCUT2D eigenvalue weighted by molar-refractivity contribution is 6.32. The van der Waals surface area contributed by atoms with Crippen LogP contribution in [-0.2, 0) is 10.2 Å². The first kappa shape index (κ1) is 25.4. The molecule has 1 N–H and O–H groups in total. The van der Waals surface area contributed by atoms with Gasteiger partial charge in [0, 0.05) is 23.6 Å². The molecule has 2 aromatic carbocycles. The van der Waals surface area contributed by atoms with Crippen LogP contribution in [0.25, 0.3) is 5.69 Å². The molecular formula is C26H30ClFN4O2. The van der Waals surface area contributed by atoms with E-state index in [9.17, 15) is 14.0 Å². The number of carbonyl (C=O) groups is 2. The number of para-hydroxylation sites is 1. The second kappa shape index (κ2) is 10.4. The molecule has 3 aromatic rings. The third-order valence-corrected chi connectivity index (χ3v) is 5.42. The van der Waals surface area contributed by atoms with Crippen LogP contribution in [0.15, 0.2) is 54.6 Å². The van der Waals surface area contributed by atoms with Gasteiger partial charge in [0.15, 0.2) is 0 Å². The van der Waals surface area contributed by atoms with Crippen LogP contribution in [0.1, 0.15) is 50.7 Å². The van der Waals surface area contributed by atoms with Crippen LogP contribution >= 0.6 is 11.6 Å². The standard InChI is InChI=1S/C26H30ClFN4O2/c1-17(2)15-31(25(34)18-9-8-10-19(28)13-18)16-24(33)29-23-14-22(26(3,4)5)30-32(23)21-12-7-6-11-20(21)27/h6-14,17H,15-16H2,1-5H3,(H,29,33). The summed E-state index contributed by atoms with van der Waals surface area (Å²) in [6, 6.07) is 14.5. The van der Waals surface area contributed by atoms with Gasteiger partial charge in [-0.15, -0.1) is 0 Å². The zero-order valence-electron chi connectivity index (χ0n) is 20.1. The van der Waals surface area contributed by atoms with Crippen LogP contribution in [0, 0.1) is 11.7 Å². The van der Waals surface area contributed by atoms with Crippen molar-refractivity contribution in [2.24, 2.45) is 5.92 Å². The summed E-state index contributed by atoms with van der Waals surface area (Å²) in [5.74, 6) is -0.729. The highest BCUT2D eigenvalue weighted by Gasteiger charge is 2.24. The Morgan fingerprint density at radius 2 is 1.82 bits per heavy atom. The molecule has 0 atom stereocenters. The van der Waals surface area contributed by atoms with Crippen LogP contribution in [0.2, 0.25) is 5.02 Å². The van der Waals surface area contributed by atoms with Crippen LogP contribution < -0.4 is 5.32 Å². The minimum Gasteiger partial charge on any atom is -0.329 e. The van der Waals surface area contributed by atoms with Crippen molar-refractivity contribution in [2.75, 3.05) is 18.4 Å². The zero-order chi connectivity index (χ0) is 25.0. The summed E-state index contributed by atoms with van der Waals surface area (Å²) in [6.45, 7) is 10.1. The third kappa shape index (κ3) is 6.23. The fourth-order valence-corrected chi connectivity index (χ4v) is 3.68. The number of nitrogens with one attached hydrogen (secondary N) is 1. The maximum atomic E-state index is 13.7. The molecule has 1 heterocycles. The number of nitrogens with zero attached hydrogens (tertiary/aromatic N) is 3. The molecule has 0 saturated carbocycles. The Hall–Kier alpha value is -3.19. The predicted octanol–water partition coefficient (Wildman–Crippen LogP) is 5.70. The van der Waals surface area contributed by atoms with E-state index in [1.165, 1.54) is 23.1 Å². The minimum atomic E-state index is -0.502. The molecule has 0 aliphatic heterocycles. The predicted molar refractivity (Wildman–Crippen MR) is 133 cm³/mol. The lowest BCUT2D eigenvalue weighted by Gasteiger charge is -2.24. The van der Waals surface area contributed by atoms with Crippen molar-refractivity contribution in [3.8, 4) is 5.69 Å². The Morgan fingerprint density at radius 1 is 1.12 bits per heavy atom. The van der Waals surface area contributed by atoms with Gasteiger partial charge in [0.05, 0.1) is 16.4 Å². The lowest BCUT2D eigenvalue weighted by atomic mass is 9.92. The topological polar surface area (TPSA) is 67.2 Å². The summed E-state index contributed by atoms with van der Waals surface area (Å²) in [6.07, 6.45) is 0. The Balaban J connectivity index is 1.89. The van der Waals surface area contributed by atoms with Crippen molar-refractivity contribution in [1.82, 2.24) is 14.7 Å². The molecule has 0 spiro atoms. The summed E-state index contributed by atoms with van der Waals surface area (Å²) in [5.41, 5.74) is 1.34. The van der Waals surface area contributed by atoms with Crippen molar-refractivity contribution in [3.05, 3.63) is 76.7 Å². The molecule has 0 bridgehead atoms. The number of hydrogen-bond donors (Lipinski definition) is 1. The molecule has 34 heavy (non-hydrogen) atoms. The normalized spacial score (nSPS) is 11.5. The van der Waals surface area contributed by atoms with E-state index in [4.69, 9.17) is 11.6 Å². The quantitative estimate of drug-likeness (QED) is 0.467. The van der Waals surface area contributed by atoms with Gasteiger partial charge in [-0.3, -0.25) is 9.59 Å². The van der Waals surface area contributed by atoms with Crippen molar-refractivity contribution < 1.29 is 14.0 Å². The highest BCUT2D eigenvalue weighted by Crippen LogP contribution is 2.29. The summed E-state index contributed by atoms with van der Waals surface area (Å²) in [7, 11) is 0. The summed E-state index contributed by atoms with van der Waals surface area (Å²) in [5, 5.41) is 8.06. The van der Waals surface area contributed by atoms with Crippen molar-refractivity contribution in [1.29, 1.82) is 0 Å². The fourth-order valence-electron chi connectivity index (χ4n) is 3.46. The number of anilines is 1. The molecule has 0 radical (unpaired) electrons. The van der Waals surface area contributed by atoms with E-state index in [1.54, 1.807) is 16.8 Å². The molecule has 0 unspecified atom stereocenters. The van der Waals surface area contributed by atoms with Crippen molar-refractivity contribution in [3.63, 3.8) is 0 Å². The molecule has 6 nitrogen and oxygen atoms in total. The minimum absolute atomic E-state index is 0.117. The SMILES string of the molecule is CC(C)CN(CC(=O)Nc1cc(C(C)(C)C)nn1-c1ccccc1Cl)C(=O)c1cccc(F)c1. The first-order valence-corrected chi connectivity index (χ1v) is 11.5. The first-order chi connectivity index (χ1) is 16.0. The Morgan fingerprint density at radius 3 is 2.44 bits per heavy atom. The number of carbonyl (C=O) groups excluding carboxylic acids is 2. The van der Waals surface area contributed by atoms with Gasteiger partial charge in [-0.1, -0.05) is 64.4 Å². The number of aromatic nitrogens is 2. The van der Waals surface area contributed by atoms with Gasteiger partial charge in [0.25, 0.3) is 5.91 Å². The number of hydrogen-bond acceptors (Lipinski definition) is 3. The van der Waals surface area contributed by atoms with E-state index in [1.807, 2.05) is 58.9 Å². The van der Waals surface area contributed by atoms with Crippen LogP contribution in [-0.4, -0.2) is 39.6 Å². The lowest BCUT2D eigenvalue weighted by molar-refractivity contribution is -0.117. The van der Waals surface area contributed by atoms with Crippen LogP contribution in [0.4, 0.5) is 10.2 Å². The molecule has 0 aliphatic rings. The van der Waals surface area contributed by atoms with Crippen molar-refractivity contribution in [2.45, 2.75) is 40.0 Å². The van der Waals surface area contributed by atoms with E-state index >= 15 is 0 Å². The van der Waals surface area contributed by atoms with Crippen LogP contribution in [0.3, 0.4) is 0 Å². The molecule has 1 aromatic heterocycles. The molecule has 0 fully saturated rings. The summed E-state index contributed by atoms with van der Waals surface area (Å²) >= 11 is 6.40. The molecule has 2 amide bonds. The second-order valence-corrected chi connectivity index (χ2v) is 10.1. The molecule has 3 rings (SSSR count). The number of benzene rings is 2. The van der Waals surface area contributed by atoms with Gasteiger partial charge in [-0.05, 0) is 36.2 Å². The summed E-state index contributed by atoms with van der Waals surface area (Å²) in [4.78, 5) is 27.5. The molecule has 180 valence electrons. The second-order valence-electron chi connectivity index (χ2n) is 9.67. The first-order valence-electron chi connectivity index (χ1n) is 11.2. The molecule has 8 heteroatoms. The Bertz CT molecular complexity index is 1180. The van der Waals surface area contributed by atoms with E-state index < -0.39 is 11.7 Å². The van der Waals surface area contributed by atoms with E-state index in [2.05, 4.69) is 10.4 Å². The molecule has 0 saturated heterocycles. The van der Waals surface area contributed by atoms with Gasteiger partial charge >= 0.3 is 0 Å². The fraction of sp³-hybridized carbons (Fsp3) is 0.346. The van der Waals surface area contributed by atoms with Crippen LogP contribution in [0.5, 0.6) is 0 Å². The highest BCUT2D eigenvalue weighted by atomic mass is 35.5. The average molecular weight is 485 g/mol. The van der Waals surface area contributed by atoms with Gasteiger partial charge in [0.1, 0.15) is 18.2 Å². The maximum absolute atomic E-state index is 13.7. The average Bonchev–Trinajstić information content (AvgIpc) is 3.16. The van der Waals surface area contributed by atoms with Gasteiger partial charge in [0.2, 0.25) is 5.91 Å². The monoisotopic (exact) mass is 484 g/mol. The molecular weight excluding hydrogens is 455 g/mol. The number of halogens is 2. The van der Waals surface area contributed by atoms with E-state index in [0.29, 0.717) is 23.1 Å². The maximum Gasteiger partial charge on any atom is 0.254 e. The zero-order valence-corrected chi connectivity index (χ0v) is 20.9. The Kier molecular flexibility index (Phi) is 7.77. The van der Waals surface area contributed by atoms with Crippen molar-refractivity contribution >= 4 is 29.2 Å². The summed E-state index contributed by atoms with van der Waals surface area (Å²) < 4.78 is 15.3. The van der Waals surface area contributed by atoms with Gasteiger partial charge in [-0.2, -0.15) is 5.10 Å². The van der Waals surface area contributed by atoms with Gasteiger partial charge in [-0.25, -0.2) is 9.07 Å². The van der Waals surface area contributed by atoms with Gasteiger partial charge < -0.3 is 10.2 Å².